The summed E-state index contributed by atoms with van der Waals surface area (Å²) >= 11 is 1.14. The molecule has 8 heteroatoms. The van der Waals surface area contributed by atoms with Crippen LogP contribution in [0.3, 0.4) is 0 Å². The van der Waals surface area contributed by atoms with Gasteiger partial charge in [-0.05, 0) is 24.5 Å². The molecule has 2 aromatic carbocycles. The first-order valence-electron chi connectivity index (χ1n) is 9.65. The number of hydrogen-bond donors (Lipinski definition) is 2. The molecule has 1 aromatic heterocycles. The highest BCUT2D eigenvalue weighted by molar-refractivity contribution is 7.14. The maximum Gasteiger partial charge on any atom is 0.360 e. The summed E-state index contributed by atoms with van der Waals surface area (Å²) in [5.74, 6) is -1.42. The normalized spacial score (nSPS) is 19.5. The Hall–Kier alpha value is -3.52. The summed E-state index contributed by atoms with van der Waals surface area (Å²) in [7, 11) is 1.26. The minimum atomic E-state index is -1.26. The SMILES string of the molecule is CON=C(C(=O)O)c1csc(NC(=O)C2(C)CC2(c2ccccc2)c2ccccc2)n1. The summed E-state index contributed by atoms with van der Waals surface area (Å²) in [6.07, 6.45) is 0.656. The van der Waals surface area contributed by atoms with Gasteiger partial charge in [-0.1, -0.05) is 65.8 Å². The number of aromatic nitrogens is 1. The van der Waals surface area contributed by atoms with Crippen LogP contribution in [0, 0.1) is 5.41 Å². The number of aliphatic carboxylic acids is 1. The van der Waals surface area contributed by atoms with Crippen LogP contribution in [0.4, 0.5) is 5.13 Å². The number of nitrogens with one attached hydrogen (secondary N) is 1. The lowest BCUT2D eigenvalue weighted by Crippen LogP contribution is -2.30. The van der Waals surface area contributed by atoms with Crippen LogP contribution in [-0.4, -0.2) is 34.8 Å². The molecule has 31 heavy (non-hydrogen) atoms. The molecule has 158 valence electrons. The van der Waals surface area contributed by atoms with E-state index in [1.807, 2.05) is 67.6 Å². The van der Waals surface area contributed by atoms with E-state index in [9.17, 15) is 14.7 Å². The Morgan fingerprint density at radius 1 is 1.10 bits per heavy atom. The Kier molecular flexibility index (Phi) is 5.32. The lowest BCUT2D eigenvalue weighted by atomic mass is 9.80. The average Bonchev–Trinajstić information content (AvgIpc) is 3.20. The van der Waals surface area contributed by atoms with E-state index in [0.29, 0.717) is 11.6 Å². The number of hydrogen-bond acceptors (Lipinski definition) is 6. The molecule has 2 N–H and O–H groups in total. The Morgan fingerprint density at radius 2 is 1.68 bits per heavy atom. The minimum Gasteiger partial charge on any atom is -0.476 e. The smallest absolute Gasteiger partial charge is 0.360 e. The molecular formula is C23H21N3O4S. The van der Waals surface area contributed by atoms with E-state index in [2.05, 4.69) is 20.3 Å². The van der Waals surface area contributed by atoms with Gasteiger partial charge in [0, 0.05) is 10.8 Å². The highest BCUT2D eigenvalue weighted by Crippen LogP contribution is 2.68. The van der Waals surface area contributed by atoms with Crippen molar-refractivity contribution >= 4 is 34.1 Å². The van der Waals surface area contributed by atoms with Crippen LogP contribution in [0.2, 0.25) is 0 Å². The van der Waals surface area contributed by atoms with Crippen molar-refractivity contribution in [3.63, 3.8) is 0 Å². The van der Waals surface area contributed by atoms with E-state index in [1.54, 1.807) is 0 Å². The van der Waals surface area contributed by atoms with Crippen LogP contribution in [0.15, 0.2) is 71.2 Å². The second-order valence-electron chi connectivity index (χ2n) is 7.57. The van der Waals surface area contributed by atoms with Gasteiger partial charge < -0.3 is 15.3 Å². The van der Waals surface area contributed by atoms with E-state index in [1.165, 1.54) is 12.5 Å². The first-order chi connectivity index (χ1) is 14.9. The highest BCUT2D eigenvalue weighted by Gasteiger charge is 2.70. The van der Waals surface area contributed by atoms with E-state index in [-0.39, 0.29) is 17.3 Å². The maximum atomic E-state index is 13.4. The number of anilines is 1. The maximum absolute atomic E-state index is 13.4. The number of carboxylic acids is 1. The van der Waals surface area contributed by atoms with Crippen molar-refractivity contribution < 1.29 is 19.5 Å². The fraction of sp³-hybridized carbons (Fsp3) is 0.217. The molecule has 0 spiro atoms. The number of amides is 1. The van der Waals surface area contributed by atoms with E-state index < -0.39 is 16.8 Å². The molecule has 4 rings (SSSR count). The third-order valence-electron chi connectivity index (χ3n) is 5.82. The van der Waals surface area contributed by atoms with Crippen LogP contribution in [0.5, 0.6) is 0 Å². The Morgan fingerprint density at radius 3 is 2.19 bits per heavy atom. The van der Waals surface area contributed by atoms with Gasteiger partial charge in [0.15, 0.2) is 5.13 Å². The molecule has 1 atom stereocenters. The second kappa shape index (κ2) is 7.96. The second-order valence-corrected chi connectivity index (χ2v) is 8.42. The highest BCUT2D eigenvalue weighted by atomic mass is 32.1. The van der Waals surface area contributed by atoms with Crippen LogP contribution in [0.1, 0.15) is 30.2 Å². The predicted octanol–water partition coefficient (Wildman–Crippen LogP) is 3.91. The fourth-order valence-electron chi connectivity index (χ4n) is 4.18. The van der Waals surface area contributed by atoms with Crippen molar-refractivity contribution in [3.05, 3.63) is 82.9 Å². The molecule has 1 saturated carbocycles. The molecule has 0 radical (unpaired) electrons. The minimum absolute atomic E-state index is 0.132. The molecule has 1 heterocycles. The van der Waals surface area contributed by atoms with Crippen molar-refractivity contribution in [2.24, 2.45) is 10.6 Å². The number of rotatable bonds is 7. The van der Waals surface area contributed by atoms with Crippen LogP contribution < -0.4 is 5.32 Å². The fourth-order valence-corrected chi connectivity index (χ4v) is 4.87. The molecule has 7 nitrogen and oxygen atoms in total. The van der Waals surface area contributed by atoms with Gasteiger partial charge in [-0.2, -0.15) is 0 Å². The molecule has 0 aliphatic heterocycles. The number of carbonyl (C=O) groups is 2. The van der Waals surface area contributed by atoms with Gasteiger partial charge in [0.1, 0.15) is 12.8 Å². The van der Waals surface area contributed by atoms with Crippen molar-refractivity contribution in [2.75, 3.05) is 12.4 Å². The van der Waals surface area contributed by atoms with Crippen LogP contribution in [-0.2, 0) is 19.8 Å². The zero-order valence-corrected chi connectivity index (χ0v) is 17.8. The third kappa shape index (κ3) is 3.48. The largest absolute Gasteiger partial charge is 0.476 e. The van der Waals surface area contributed by atoms with Gasteiger partial charge >= 0.3 is 5.97 Å². The standard InChI is InChI=1S/C23H21N3O4S/c1-22(20(29)25-21-24-17(13-31-21)18(19(27)28)26-30-2)14-23(22,15-9-5-3-6-10-15)16-11-7-4-8-12-16/h3-13H,14H2,1-2H3,(H,27,28)(H,24,25,29). The molecule has 0 bridgehead atoms. The van der Waals surface area contributed by atoms with Gasteiger partial charge in [0.25, 0.3) is 0 Å². The summed E-state index contributed by atoms with van der Waals surface area (Å²) in [5, 5.41) is 17.5. The monoisotopic (exact) mass is 435 g/mol. The summed E-state index contributed by atoms with van der Waals surface area (Å²) in [5.41, 5.74) is 0.854. The van der Waals surface area contributed by atoms with Gasteiger partial charge in [0.05, 0.1) is 5.41 Å². The van der Waals surface area contributed by atoms with E-state index in [0.717, 1.165) is 22.5 Å². The van der Waals surface area contributed by atoms with Gasteiger partial charge in [-0.15, -0.1) is 11.3 Å². The number of carbonyl (C=O) groups excluding carboxylic acids is 1. The molecule has 0 saturated heterocycles. The van der Waals surface area contributed by atoms with Crippen molar-refractivity contribution in [3.8, 4) is 0 Å². The Balaban J connectivity index is 1.63. The van der Waals surface area contributed by atoms with Gasteiger partial charge in [-0.25, -0.2) is 9.78 Å². The van der Waals surface area contributed by atoms with Gasteiger partial charge in [0.2, 0.25) is 11.6 Å². The topological polar surface area (TPSA) is 101 Å². The van der Waals surface area contributed by atoms with Crippen molar-refractivity contribution in [1.82, 2.24) is 4.98 Å². The quantitative estimate of drug-likeness (QED) is 0.433. The average molecular weight is 436 g/mol. The molecule has 1 fully saturated rings. The van der Waals surface area contributed by atoms with Crippen LogP contribution >= 0.6 is 11.3 Å². The van der Waals surface area contributed by atoms with E-state index >= 15 is 0 Å². The molecule has 1 aliphatic carbocycles. The van der Waals surface area contributed by atoms with E-state index in [4.69, 9.17) is 0 Å². The molecule has 1 aliphatic rings. The van der Waals surface area contributed by atoms with Crippen molar-refractivity contribution in [1.29, 1.82) is 0 Å². The lowest BCUT2D eigenvalue weighted by Gasteiger charge is -2.23. The molecule has 3 aromatic rings. The molecule has 1 amide bonds. The number of benzene rings is 2. The summed E-state index contributed by atoms with van der Waals surface area (Å²) in [4.78, 5) is 33.5. The number of oxime groups is 1. The number of carboxylic acid groups (broad SMARTS) is 1. The molecular weight excluding hydrogens is 414 g/mol. The molecule has 1 unspecified atom stereocenters. The first kappa shape index (κ1) is 20.7. The summed E-state index contributed by atoms with van der Waals surface area (Å²) in [6, 6.07) is 20.0. The van der Waals surface area contributed by atoms with Crippen LogP contribution in [0.25, 0.3) is 0 Å². The Bertz CT molecular complexity index is 1100. The zero-order valence-electron chi connectivity index (χ0n) is 17.0. The third-order valence-corrected chi connectivity index (χ3v) is 6.58. The van der Waals surface area contributed by atoms with Gasteiger partial charge in [-0.3, -0.25) is 4.79 Å². The Labute approximate surface area is 183 Å². The number of thiazole rings is 1. The summed E-state index contributed by atoms with van der Waals surface area (Å²) < 4.78 is 0. The zero-order chi connectivity index (χ0) is 22.1. The number of nitrogens with zero attached hydrogens (tertiary/aromatic N) is 2. The predicted molar refractivity (Wildman–Crippen MR) is 118 cm³/mol. The van der Waals surface area contributed by atoms with Crippen molar-refractivity contribution in [2.45, 2.75) is 18.8 Å². The lowest BCUT2D eigenvalue weighted by molar-refractivity contribution is -0.129. The summed E-state index contributed by atoms with van der Waals surface area (Å²) in [6.45, 7) is 1.95. The first-order valence-corrected chi connectivity index (χ1v) is 10.5.